The molecule has 0 radical (unpaired) electrons. The van der Waals surface area contributed by atoms with Crippen molar-refractivity contribution in [1.82, 2.24) is 10.2 Å². The topological polar surface area (TPSA) is 52.6 Å². The molecule has 1 unspecified atom stereocenters. The molecule has 1 atom stereocenters. The summed E-state index contributed by atoms with van der Waals surface area (Å²) < 4.78 is 0. The Hall–Kier alpha value is -1.39. The molecule has 4 nitrogen and oxygen atoms in total. The first-order valence-electron chi connectivity index (χ1n) is 10.2. The van der Waals surface area contributed by atoms with Crippen LogP contribution in [-0.2, 0) is 10.4 Å². The summed E-state index contributed by atoms with van der Waals surface area (Å²) in [6, 6.07) is 9.67. The lowest BCUT2D eigenvalue weighted by Gasteiger charge is -2.42. The lowest BCUT2D eigenvalue weighted by atomic mass is 9.79. The highest BCUT2D eigenvalue weighted by molar-refractivity contribution is 5.87. The number of nitrogens with one attached hydrogen (secondary N) is 1. The molecule has 0 spiro atoms. The van der Waals surface area contributed by atoms with Gasteiger partial charge < -0.3 is 10.4 Å². The maximum absolute atomic E-state index is 13.2. The summed E-state index contributed by atoms with van der Waals surface area (Å²) in [5.41, 5.74) is -0.501. The first-order chi connectivity index (χ1) is 12.3. The number of amides is 1. The molecule has 2 N–H and O–H groups in total. The third kappa shape index (κ3) is 3.96. The monoisotopic (exact) mass is 358 g/mol. The van der Waals surface area contributed by atoms with E-state index in [9.17, 15) is 9.90 Å². The molecule has 1 aliphatic carbocycles. The number of likely N-dealkylation sites (tertiary alicyclic amines) is 1. The standard InChI is InChI=1S/C22H34N2O2/c1-21(2,3)24-15-13-19(14-16-24)23-20(25)22(26,18-11-7-8-12-18)17-9-5-4-6-10-17/h4-6,9-10,18-19,26H,7-8,11-16H2,1-3H3,(H,23,25). The van der Waals surface area contributed by atoms with Crippen molar-refractivity contribution in [2.75, 3.05) is 13.1 Å². The van der Waals surface area contributed by atoms with E-state index < -0.39 is 5.60 Å². The van der Waals surface area contributed by atoms with E-state index in [0.717, 1.165) is 57.2 Å². The van der Waals surface area contributed by atoms with Gasteiger partial charge in [-0.2, -0.15) is 0 Å². The zero-order valence-corrected chi connectivity index (χ0v) is 16.5. The van der Waals surface area contributed by atoms with Crippen LogP contribution >= 0.6 is 0 Å². The lowest BCUT2D eigenvalue weighted by molar-refractivity contribution is -0.148. The number of hydrogen-bond donors (Lipinski definition) is 2. The number of benzene rings is 1. The average Bonchev–Trinajstić information content (AvgIpc) is 3.16. The highest BCUT2D eigenvalue weighted by atomic mass is 16.3. The van der Waals surface area contributed by atoms with E-state index in [1.165, 1.54) is 0 Å². The minimum Gasteiger partial charge on any atom is -0.375 e. The van der Waals surface area contributed by atoms with E-state index in [4.69, 9.17) is 0 Å². The van der Waals surface area contributed by atoms with E-state index in [2.05, 4.69) is 31.0 Å². The van der Waals surface area contributed by atoms with Crippen LogP contribution in [0.5, 0.6) is 0 Å². The third-order valence-corrected chi connectivity index (χ3v) is 6.28. The number of piperidine rings is 1. The summed E-state index contributed by atoms with van der Waals surface area (Å²) >= 11 is 0. The Bertz CT molecular complexity index is 596. The molecule has 1 saturated heterocycles. The van der Waals surface area contributed by atoms with Gasteiger partial charge in [-0.25, -0.2) is 0 Å². The number of nitrogens with zero attached hydrogens (tertiary/aromatic N) is 1. The number of hydrogen-bond acceptors (Lipinski definition) is 3. The van der Waals surface area contributed by atoms with Crippen LogP contribution in [0.25, 0.3) is 0 Å². The Labute approximate surface area is 158 Å². The predicted molar refractivity (Wildman–Crippen MR) is 105 cm³/mol. The van der Waals surface area contributed by atoms with Gasteiger partial charge in [0.2, 0.25) is 0 Å². The van der Waals surface area contributed by atoms with Crippen molar-refractivity contribution in [3.8, 4) is 0 Å². The van der Waals surface area contributed by atoms with Crippen LogP contribution in [0.1, 0.15) is 64.9 Å². The lowest BCUT2D eigenvalue weighted by Crippen LogP contribution is -2.55. The largest absolute Gasteiger partial charge is 0.375 e. The molecule has 144 valence electrons. The van der Waals surface area contributed by atoms with Gasteiger partial charge in [0, 0.05) is 30.6 Å². The molecule has 1 aromatic rings. The highest BCUT2D eigenvalue weighted by Crippen LogP contribution is 2.41. The minimum absolute atomic E-state index is 0.0135. The number of rotatable bonds is 4. The van der Waals surface area contributed by atoms with Crippen molar-refractivity contribution < 1.29 is 9.90 Å². The first-order valence-corrected chi connectivity index (χ1v) is 10.2. The van der Waals surface area contributed by atoms with Gasteiger partial charge in [-0.1, -0.05) is 43.2 Å². The van der Waals surface area contributed by atoms with Crippen LogP contribution in [0.3, 0.4) is 0 Å². The van der Waals surface area contributed by atoms with Crippen LogP contribution in [0.2, 0.25) is 0 Å². The van der Waals surface area contributed by atoms with Crippen LogP contribution in [0, 0.1) is 5.92 Å². The first kappa shape index (κ1) is 19.4. The van der Waals surface area contributed by atoms with Gasteiger partial charge >= 0.3 is 0 Å². The Morgan fingerprint density at radius 2 is 1.62 bits per heavy atom. The molecule has 1 saturated carbocycles. The molecule has 2 fully saturated rings. The van der Waals surface area contributed by atoms with Crippen molar-refractivity contribution in [1.29, 1.82) is 0 Å². The second-order valence-corrected chi connectivity index (χ2v) is 9.02. The summed E-state index contributed by atoms with van der Waals surface area (Å²) in [5.74, 6) is -0.190. The molecule has 1 amide bonds. The van der Waals surface area contributed by atoms with Crippen molar-refractivity contribution in [3.05, 3.63) is 35.9 Å². The summed E-state index contributed by atoms with van der Waals surface area (Å²) in [4.78, 5) is 15.7. The van der Waals surface area contributed by atoms with Crippen molar-refractivity contribution in [2.45, 2.75) is 76.5 Å². The summed E-state index contributed by atoms with van der Waals surface area (Å²) in [5, 5.41) is 14.7. The average molecular weight is 359 g/mol. The van der Waals surface area contributed by atoms with Gasteiger partial charge in [0.05, 0.1) is 0 Å². The number of carbonyl (C=O) groups is 1. The van der Waals surface area contributed by atoms with Crippen molar-refractivity contribution in [2.24, 2.45) is 5.92 Å². The van der Waals surface area contributed by atoms with E-state index in [-0.39, 0.29) is 23.4 Å². The van der Waals surface area contributed by atoms with E-state index in [0.29, 0.717) is 0 Å². The minimum atomic E-state index is -1.40. The van der Waals surface area contributed by atoms with Gasteiger partial charge in [-0.3, -0.25) is 9.69 Å². The van der Waals surface area contributed by atoms with Crippen LogP contribution in [0.4, 0.5) is 0 Å². The van der Waals surface area contributed by atoms with Gasteiger partial charge in [-0.15, -0.1) is 0 Å². The van der Waals surface area contributed by atoms with Crippen LogP contribution in [-0.4, -0.2) is 40.6 Å². The third-order valence-electron chi connectivity index (χ3n) is 6.28. The normalized spacial score (nSPS) is 22.9. The van der Waals surface area contributed by atoms with Gasteiger partial charge in [-0.05, 0) is 52.0 Å². The SMILES string of the molecule is CC(C)(C)N1CCC(NC(=O)C(O)(c2ccccc2)C2CCCC2)CC1. The Morgan fingerprint density at radius 1 is 1.04 bits per heavy atom. The predicted octanol–water partition coefficient (Wildman–Crippen LogP) is 3.44. The van der Waals surface area contributed by atoms with Crippen LogP contribution < -0.4 is 5.32 Å². The molecule has 3 rings (SSSR count). The molecular weight excluding hydrogens is 324 g/mol. The van der Waals surface area contributed by atoms with E-state index in [1.54, 1.807) is 0 Å². The van der Waals surface area contributed by atoms with Gasteiger partial charge in [0.25, 0.3) is 5.91 Å². The maximum atomic E-state index is 13.2. The highest BCUT2D eigenvalue weighted by Gasteiger charge is 2.47. The van der Waals surface area contributed by atoms with Crippen molar-refractivity contribution in [3.63, 3.8) is 0 Å². The molecular formula is C22H34N2O2. The maximum Gasteiger partial charge on any atom is 0.257 e. The zero-order chi connectivity index (χ0) is 18.8. The molecule has 26 heavy (non-hydrogen) atoms. The molecule has 0 bridgehead atoms. The molecule has 4 heteroatoms. The fourth-order valence-corrected chi connectivity index (χ4v) is 4.58. The second-order valence-electron chi connectivity index (χ2n) is 9.02. The Balaban J connectivity index is 1.71. The molecule has 0 aromatic heterocycles. The summed E-state index contributed by atoms with van der Waals surface area (Å²) in [7, 11) is 0. The molecule has 2 aliphatic rings. The Kier molecular flexibility index (Phi) is 5.73. The molecule has 1 aromatic carbocycles. The number of aliphatic hydroxyl groups is 1. The van der Waals surface area contributed by atoms with Gasteiger partial charge in [0.15, 0.2) is 5.60 Å². The number of carbonyl (C=O) groups excluding carboxylic acids is 1. The van der Waals surface area contributed by atoms with Crippen LogP contribution in [0.15, 0.2) is 30.3 Å². The summed E-state index contributed by atoms with van der Waals surface area (Å²) in [6.07, 6.45) is 5.91. The quantitative estimate of drug-likeness (QED) is 0.867. The summed E-state index contributed by atoms with van der Waals surface area (Å²) in [6.45, 7) is 8.68. The molecule has 1 aliphatic heterocycles. The second kappa shape index (κ2) is 7.69. The van der Waals surface area contributed by atoms with E-state index >= 15 is 0 Å². The van der Waals surface area contributed by atoms with E-state index in [1.807, 2.05) is 30.3 Å². The Morgan fingerprint density at radius 3 is 2.15 bits per heavy atom. The van der Waals surface area contributed by atoms with Gasteiger partial charge in [0.1, 0.15) is 0 Å². The zero-order valence-electron chi connectivity index (χ0n) is 16.5. The fraction of sp³-hybridized carbons (Fsp3) is 0.682. The fourth-order valence-electron chi connectivity index (χ4n) is 4.58. The smallest absolute Gasteiger partial charge is 0.257 e. The van der Waals surface area contributed by atoms with Crippen molar-refractivity contribution >= 4 is 5.91 Å². The molecule has 1 heterocycles.